The monoisotopic (exact) mass is 381 g/mol. The van der Waals surface area contributed by atoms with Gasteiger partial charge in [0.1, 0.15) is 5.75 Å². The van der Waals surface area contributed by atoms with Gasteiger partial charge in [-0.2, -0.15) is 0 Å². The number of nitrogens with zero attached hydrogens (tertiary/aromatic N) is 1. The van der Waals surface area contributed by atoms with Crippen LogP contribution in [0.2, 0.25) is 0 Å². The van der Waals surface area contributed by atoms with E-state index in [0.717, 1.165) is 5.56 Å². The summed E-state index contributed by atoms with van der Waals surface area (Å²) in [5.74, 6) is -0.325. The molecule has 3 rings (SSSR count). The third kappa shape index (κ3) is 4.31. The zero-order valence-corrected chi connectivity index (χ0v) is 16.1. The average molecular weight is 381 g/mol. The molecule has 0 radical (unpaired) electrons. The predicted molar refractivity (Wildman–Crippen MR) is 108 cm³/mol. The summed E-state index contributed by atoms with van der Waals surface area (Å²) in [7, 11) is 1.56. The zero-order valence-electron chi connectivity index (χ0n) is 16.1. The van der Waals surface area contributed by atoms with E-state index in [-0.39, 0.29) is 24.1 Å². The Hall–Kier alpha value is -3.35. The first-order valence-electron chi connectivity index (χ1n) is 9.01. The molecule has 0 aromatic heterocycles. The Bertz CT molecular complexity index is 908. The lowest BCUT2D eigenvalue weighted by molar-refractivity contribution is -0.122. The normalized spacial score (nSPS) is 16.0. The van der Waals surface area contributed by atoms with Gasteiger partial charge in [-0.25, -0.2) is 0 Å². The summed E-state index contributed by atoms with van der Waals surface area (Å²) in [4.78, 5) is 37.8. The molecule has 1 heterocycles. The van der Waals surface area contributed by atoms with Crippen molar-refractivity contribution in [2.24, 2.45) is 5.92 Å². The molecule has 0 aliphatic carbocycles. The van der Waals surface area contributed by atoms with Gasteiger partial charge in [-0.1, -0.05) is 6.07 Å². The lowest BCUT2D eigenvalue weighted by atomic mass is 10.1. The number of hydrogen-bond donors (Lipinski definition) is 2. The van der Waals surface area contributed by atoms with Crippen LogP contribution in [0.25, 0.3) is 0 Å². The Morgan fingerprint density at radius 1 is 1.07 bits per heavy atom. The number of carbonyl (C=O) groups excluding carboxylic acids is 3. The molecule has 146 valence electrons. The van der Waals surface area contributed by atoms with Crippen LogP contribution in [0.15, 0.2) is 42.5 Å². The standard InChI is InChI=1S/C21H23N3O4/c1-13-4-9-19(28-3)18(10-13)24-12-15(11-20(24)26)21(27)23-17-7-5-16(6-8-17)22-14(2)25/h4-10,15H,11-12H2,1-3H3,(H,22,25)(H,23,27)/t15-/m0/s1. The lowest BCUT2D eigenvalue weighted by Gasteiger charge is -2.20. The first kappa shape index (κ1) is 19.4. The van der Waals surface area contributed by atoms with Crippen molar-refractivity contribution in [3.8, 4) is 5.75 Å². The Labute approximate surface area is 163 Å². The lowest BCUT2D eigenvalue weighted by Crippen LogP contribution is -2.28. The molecule has 0 bridgehead atoms. The fraction of sp³-hybridized carbons (Fsp3) is 0.286. The van der Waals surface area contributed by atoms with Gasteiger partial charge in [-0.15, -0.1) is 0 Å². The highest BCUT2D eigenvalue weighted by Gasteiger charge is 2.36. The molecular formula is C21H23N3O4. The average Bonchev–Trinajstić information content (AvgIpc) is 3.04. The molecule has 2 aromatic rings. The zero-order chi connectivity index (χ0) is 20.3. The number of ether oxygens (including phenoxy) is 1. The second-order valence-electron chi connectivity index (χ2n) is 6.83. The van der Waals surface area contributed by atoms with Crippen LogP contribution in [0.1, 0.15) is 18.9 Å². The van der Waals surface area contributed by atoms with Crippen molar-refractivity contribution in [1.82, 2.24) is 0 Å². The van der Waals surface area contributed by atoms with E-state index in [4.69, 9.17) is 4.74 Å². The van der Waals surface area contributed by atoms with Crippen molar-refractivity contribution in [2.45, 2.75) is 20.3 Å². The highest BCUT2D eigenvalue weighted by Crippen LogP contribution is 2.34. The van der Waals surface area contributed by atoms with Gasteiger partial charge in [0, 0.05) is 31.3 Å². The van der Waals surface area contributed by atoms with E-state index in [1.807, 2.05) is 25.1 Å². The van der Waals surface area contributed by atoms with Crippen LogP contribution in [-0.2, 0) is 14.4 Å². The summed E-state index contributed by atoms with van der Waals surface area (Å²) in [5.41, 5.74) is 2.95. The Morgan fingerprint density at radius 2 is 1.71 bits per heavy atom. The van der Waals surface area contributed by atoms with Gasteiger partial charge in [0.2, 0.25) is 17.7 Å². The summed E-state index contributed by atoms with van der Waals surface area (Å²) in [5, 5.41) is 5.51. The van der Waals surface area contributed by atoms with Gasteiger partial charge in [0.25, 0.3) is 0 Å². The van der Waals surface area contributed by atoms with Crippen LogP contribution in [0.5, 0.6) is 5.75 Å². The van der Waals surface area contributed by atoms with Crippen molar-refractivity contribution >= 4 is 34.8 Å². The second kappa shape index (κ2) is 8.12. The maximum atomic E-state index is 12.6. The molecule has 3 amide bonds. The van der Waals surface area contributed by atoms with Crippen LogP contribution in [0.4, 0.5) is 17.1 Å². The molecule has 0 saturated carbocycles. The van der Waals surface area contributed by atoms with E-state index in [1.165, 1.54) is 6.92 Å². The summed E-state index contributed by atoms with van der Waals surface area (Å²) in [6.07, 6.45) is 0.146. The Balaban J connectivity index is 1.69. The first-order valence-corrected chi connectivity index (χ1v) is 9.01. The fourth-order valence-electron chi connectivity index (χ4n) is 3.21. The van der Waals surface area contributed by atoms with Crippen molar-refractivity contribution in [3.05, 3.63) is 48.0 Å². The molecule has 0 unspecified atom stereocenters. The van der Waals surface area contributed by atoms with Crippen LogP contribution in [-0.4, -0.2) is 31.4 Å². The topological polar surface area (TPSA) is 87.7 Å². The van der Waals surface area contributed by atoms with E-state index < -0.39 is 5.92 Å². The molecule has 1 atom stereocenters. The van der Waals surface area contributed by atoms with Crippen molar-refractivity contribution in [2.75, 3.05) is 29.2 Å². The van der Waals surface area contributed by atoms with Crippen molar-refractivity contribution < 1.29 is 19.1 Å². The third-order valence-corrected chi connectivity index (χ3v) is 4.59. The largest absolute Gasteiger partial charge is 0.495 e. The van der Waals surface area contributed by atoms with E-state index in [0.29, 0.717) is 29.4 Å². The summed E-state index contributed by atoms with van der Waals surface area (Å²) < 4.78 is 5.37. The molecule has 7 nitrogen and oxygen atoms in total. The summed E-state index contributed by atoms with van der Waals surface area (Å²) >= 11 is 0. The number of amides is 3. The number of anilines is 3. The quantitative estimate of drug-likeness (QED) is 0.834. The van der Waals surface area contributed by atoms with Crippen molar-refractivity contribution in [3.63, 3.8) is 0 Å². The minimum absolute atomic E-state index is 0.106. The molecule has 1 saturated heterocycles. The van der Waals surface area contributed by atoms with Crippen LogP contribution >= 0.6 is 0 Å². The molecule has 1 aliphatic heterocycles. The molecule has 28 heavy (non-hydrogen) atoms. The minimum atomic E-state index is -0.451. The summed E-state index contributed by atoms with van der Waals surface area (Å²) in [6.45, 7) is 3.68. The van der Waals surface area contributed by atoms with Gasteiger partial charge < -0.3 is 20.3 Å². The molecule has 1 aliphatic rings. The maximum Gasteiger partial charge on any atom is 0.229 e. The number of hydrogen-bond acceptors (Lipinski definition) is 4. The molecule has 2 N–H and O–H groups in total. The molecular weight excluding hydrogens is 358 g/mol. The highest BCUT2D eigenvalue weighted by molar-refractivity contribution is 6.04. The van der Waals surface area contributed by atoms with Gasteiger partial charge >= 0.3 is 0 Å². The number of aryl methyl sites for hydroxylation is 1. The number of methoxy groups -OCH3 is 1. The van der Waals surface area contributed by atoms with E-state index >= 15 is 0 Å². The Morgan fingerprint density at radius 3 is 2.32 bits per heavy atom. The molecule has 0 spiro atoms. The third-order valence-electron chi connectivity index (χ3n) is 4.59. The fourth-order valence-corrected chi connectivity index (χ4v) is 3.21. The van der Waals surface area contributed by atoms with Gasteiger partial charge in [-0.05, 0) is 48.9 Å². The van der Waals surface area contributed by atoms with E-state index in [1.54, 1.807) is 36.3 Å². The maximum absolute atomic E-state index is 12.6. The minimum Gasteiger partial charge on any atom is -0.495 e. The highest BCUT2D eigenvalue weighted by atomic mass is 16.5. The van der Waals surface area contributed by atoms with Crippen LogP contribution < -0.4 is 20.3 Å². The van der Waals surface area contributed by atoms with Gasteiger partial charge in [0.05, 0.1) is 18.7 Å². The number of rotatable bonds is 5. The van der Waals surface area contributed by atoms with Gasteiger partial charge in [-0.3, -0.25) is 14.4 Å². The first-order chi connectivity index (χ1) is 13.4. The number of benzene rings is 2. The Kier molecular flexibility index (Phi) is 5.63. The predicted octanol–water partition coefficient (Wildman–Crippen LogP) is 2.95. The smallest absolute Gasteiger partial charge is 0.229 e. The molecule has 2 aromatic carbocycles. The van der Waals surface area contributed by atoms with E-state index in [9.17, 15) is 14.4 Å². The molecule has 7 heteroatoms. The van der Waals surface area contributed by atoms with Crippen LogP contribution in [0, 0.1) is 12.8 Å². The second-order valence-corrected chi connectivity index (χ2v) is 6.83. The number of nitrogens with one attached hydrogen (secondary N) is 2. The van der Waals surface area contributed by atoms with E-state index in [2.05, 4.69) is 10.6 Å². The number of carbonyl (C=O) groups is 3. The van der Waals surface area contributed by atoms with Gasteiger partial charge in [0.15, 0.2) is 0 Å². The van der Waals surface area contributed by atoms with Crippen LogP contribution in [0.3, 0.4) is 0 Å². The van der Waals surface area contributed by atoms with Crippen molar-refractivity contribution in [1.29, 1.82) is 0 Å². The SMILES string of the molecule is COc1ccc(C)cc1N1C[C@@H](C(=O)Nc2ccc(NC(C)=O)cc2)CC1=O. The molecule has 1 fully saturated rings. The summed E-state index contributed by atoms with van der Waals surface area (Å²) in [6, 6.07) is 12.5.